The number of halogens is 1. The van der Waals surface area contributed by atoms with E-state index in [1.165, 1.54) is 0 Å². The Morgan fingerprint density at radius 2 is 2.12 bits per heavy atom. The lowest BCUT2D eigenvalue weighted by molar-refractivity contribution is -0.139. The number of carbonyl (C=O) groups is 1. The van der Waals surface area contributed by atoms with Crippen LogP contribution >= 0.6 is 11.6 Å². The molecule has 0 radical (unpaired) electrons. The van der Waals surface area contributed by atoms with Crippen molar-refractivity contribution in [3.05, 3.63) is 40.9 Å². The number of piperidine rings is 1. The molecule has 0 unspecified atom stereocenters. The van der Waals surface area contributed by atoms with Gasteiger partial charge in [0.15, 0.2) is 6.10 Å². The third-order valence-electron chi connectivity index (χ3n) is 4.89. The number of hydrogen-bond acceptors (Lipinski definition) is 4. The molecule has 1 aromatic heterocycles. The predicted octanol–water partition coefficient (Wildman–Crippen LogP) is 2.18. The molecule has 4 rings (SSSR count). The first-order chi connectivity index (χ1) is 11.6. The molecule has 1 saturated heterocycles. The maximum Gasteiger partial charge on any atom is 0.263 e. The molecule has 0 aliphatic carbocycles. The lowest BCUT2D eigenvalue weighted by atomic mass is 9.95. The Bertz CT molecular complexity index is 768. The number of ether oxygens (including phenoxy) is 1. The van der Waals surface area contributed by atoms with Crippen LogP contribution in [0.1, 0.15) is 30.1 Å². The number of nitrogens with zero attached hydrogens (tertiary/aromatic N) is 4. The molecular weight excluding hydrogens is 328 g/mol. The van der Waals surface area contributed by atoms with Crippen molar-refractivity contribution in [1.82, 2.24) is 19.7 Å². The number of aromatic nitrogens is 3. The van der Waals surface area contributed by atoms with E-state index in [0.717, 1.165) is 43.1 Å². The molecule has 0 saturated carbocycles. The summed E-state index contributed by atoms with van der Waals surface area (Å²) in [5, 5.41) is 8.82. The Labute approximate surface area is 145 Å². The highest BCUT2D eigenvalue weighted by Crippen LogP contribution is 2.33. The fraction of sp³-hybridized carbons (Fsp3) is 0.471. The quantitative estimate of drug-likeness (QED) is 0.836. The molecule has 2 aromatic rings. The van der Waals surface area contributed by atoms with E-state index < -0.39 is 6.10 Å². The van der Waals surface area contributed by atoms with Crippen molar-refractivity contribution in [2.24, 2.45) is 7.05 Å². The van der Waals surface area contributed by atoms with Gasteiger partial charge in [0.2, 0.25) is 0 Å². The van der Waals surface area contributed by atoms with E-state index in [4.69, 9.17) is 16.3 Å². The second-order valence-corrected chi connectivity index (χ2v) is 6.90. The van der Waals surface area contributed by atoms with E-state index in [1.807, 2.05) is 28.6 Å². The molecule has 1 amide bonds. The van der Waals surface area contributed by atoms with Crippen LogP contribution in [0.2, 0.25) is 5.02 Å². The van der Waals surface area contributed by atoms with Crippen LogP contribution in [-0.4, -0.2) is 44.8 Å². The standard InChI is InChI=1S/C17H19ClN4O2/c1-21-10-19-20-16(21)11-4-6-22(7-5-11)17(23)15-9-12-8-13(18)2-3-14(12)24-15/h2-3,8,10-11,15H,4-7,9H2,1H3/t15-/m0/s1. The first kappa shape index (κ1) is 15.4. The van der Waals surface area contributed by atoms with Gasteiger partial charge in [-0.15, -0.1) is 10.2 Å². The minimum atomic E-state index is -0.426. The minimum Gasteiger partial charge on any atom is -0.480 e. The fourth-order valence-electron chi connectivity index (χ4n) is 3.58. The molecular formula is C17H19ClN4O2. The van der Waals surface area contributed by atoms with Crippen molar-refractivity contribution in [3.63, 3.8) is 0 Å². The summed E-state index contributed by atoms with van der Waals surface area (Å²) in [5.41, 5.74) is 1.01. The van der Waals surface area contributed by atoms with Crippen molar-refractivity contribution < 1.29 is 9.53 Å². The van der Waals surface area contributed by atoms with E-state index >= 15 is 0 Å². The van der Waals surface area contributed by atoms with Gasteiger partial charge in [0.05, 0.1) is 0 Å². The molecule has 7 heteroatoms. The Morgan fingerprint density at radius 3 is 2.83 bits per heavy atom. The van der Waals surface area contributed by atoms with E-state index in [-0.39, 0.29) is 5.91 Å². The van der Waals surface area contributed by atoms with Crippen LogP contribution in [0.3, 0.4) is 0 Å². The molecule has 24 heavy (non-hydrogen) atoms. The number of hydrogen-bond donors (Lipinski definition) is 0. The van der Waals surface area contributed by atoms with Crippen molar-refractivity contribution in [3.8, 4) is 5.75 Å². The maximum atomic E-state index is 12.7. The minimum absolute atomic E-state index is 0.0683. The fourth-order valence-corrected chi connectivity index (χ4v) is 3.77. The molecule has 0 spiro atoms. The molecule has 1 atom stereocenters. The van der Waals surface area contributed by atoms with Crippen LogP contribution in [0.15, 0.2) is 24.5 Å². The Balaban J connectivity index is 1.38. The number of aryl methyl sites for hydroxylation is 1. The second kappa shape index (κ2) is 6.09. The zero-order valence-corrected chi connectivity index (χ0v) is 14.2. The van der Waals surface area contributed by atoms with Crippen LogP contribution < -0.4 is 4.74 Å². The third kappa shape index (κ3) is 2.75. The summed E-state index contributed by atoms with van der Waals surface area (Å²) in [6.45, 7) is 1.46. The van der Waals surface area contributed by atoms with Crippen molar-refractivity contribution in [2.45, 2.75) is 31.3 Å². The molecule has 0 bridgehead atoms. The first-order valence-corrected chi connectivity index (χ1v) is 8.57. The molecule has 1 fully saturated rings. The lowest BCUT2D eigenvalue weighted by Crippen LogP contribution is -2.45. The smallest absolute Gasteiger partial charge is 0.263 e. The summed E-state index contributed by atoms with van der Waals surface area (Å²) >= 11 is 6.01. The van der Waals surface area contributed by atoms with Gasteiger partial charge in [-0.2, -0.15) is 0 Å². The van der Waals surface area contributed by atoms with Crippen LogP contribution in [0.4, 0.5) is 0 Å². The highest BCUT2D eigenvalue weighted by atomic mass is 35.5. The summed E-state index contributed by atoms with van der Waals surface area (Å²) in [6.07, 6.45) is 3.71. The SMILES string of the molecule is Cn1cnnc1C1CCN(C(=O)[C@@H]2Cc3cc(Cl)ccc3O2)CC1. The number of fused-ring (bicyclic) bond motifs is 1. The Hall–Kier alpha value is -2.08. The average Bonchev–Trinajstić information content (AvgIpc) is 3.20. The van der Waals surface area contributed by atoms with Crippen molar-refractivity contribution >= 4 is 17.5 Å². The average molecular weight is 347 g/mol. The molecule has 3 heterocycles. The van der Waals surface area contributed by atoms with Gasteiger partial charge in [0.25, 0.3) is 5.91 Å². The van der Waals surface area contributed by atoms with Gasteiger partial charge >= 0.3 is 0 Å². The summed E-state index contributed by atoms with van der Waals surface area (Å²) in [7, 11) is 1.96. The maximum absolute atomic E-state index is 12.7. The van der Waals surface area contributed by atoms with Gasteiger partial charge in [-0.3, -0.25) is 4.79 Å². The van der Waals surface area contributed by atoms with Crippen LogP contribution in [0, 0.1) is 0 Å². The van der Waals surface area contributed by atoms with E-state index in [1.54, 1.807) is 12.4 Å². The lowest BCUT2D eigenvalue weighted by Gasteiger charge is -2.32. The van der Waals surface area contributed by atoms with Gasteiger partial charge in [0.1, 0.15) is 17.9 Å². The van der Waals surface area contributed by atoms with Gasteiger partial charge in [-0.05, 0) is 36.6 Å². The van der Waals surface area contributed by atoms with Gasteiger partial charge in [0, 0.05) is 37.5 Å². The molecule has 1 aromatic carbocycles. The highest BCUT2D eigenvalue weighted by Gasteiger charge is 2.35. The number of carbonyl (C=O) groups excluding carboxylic acids is 1. The van der Waals surface area contributed by atoms with Gasteiger partial charge in [-0.25, -0.2) is 0 Å². The van der Waals surface area contributed by atoms with Crippen LogP contribution in [0.5, 0.6) is 5.75 Å². The Morgan fingerprint density at radius 1 is 1.33 bits per heavy atom. The normalized spacial score (nSPS) is 20.8. The number of rotatable bonds is 2. The number of likely N-dealkylation sites (tertiary alicyclic amines) is 1. The Kier molecular flexibility index (Phi) is 3.92. The van der Waals surface area contributed by atoms with Crippen LogP contribution in [0.25, 0.3) is 0 Å². The monoisotopic (exact) mass is 346 g/mol. The van der Waals surface area contributed by atoms with Crippen LogP contribution in [-0.2, 0) is 18.3 Å². The summed E-state index contributed by atoms with van der Waals surface area (Å²) < 4.78 is 7.78. The molecule has 2 aliphatic heterocycles. The van der Waals surface area contributed by atoms with Gasteiger partial charge < -0.3 is 14.2 Å². The highest BCUT2D eigenvalue weighted by molar-refractivity contribution is 6.30. The third-order valence-corrected chi connectivity index (χ3v) is 5.13. The summed E-state index contributed by atoms with van der Waals surface area (Å²) in [5.74, 6) is 2.20. The predicted molar refractivity (Wildman–Crippen MR) is 89.1 cm³/mol. The topological polar surface area (TPSA) is 60.2 Å². The number of benzene rings is 1. The van der Waals surface area contributed by atoms with Gasteiger partial charge in [-0.1, -0.05) is 11.6 Å². The van der Waals surface area contributed by atoms with Crippen molar-refractivity contribution in [1.29, 1.82) is 0 Å². The second-order valence-electron chi connectivity index (χ2n) is 6.46. The zero-order chi connectivity index (χ0) is 16.7. The molecule has 126 valence electrons. The van der Waals surface area contributed by atoms with E-state index in [0.29, 0.717) is 17.4 Å². The van der Waals surface area contributed by atoms with E-state index in [9.17, 15) is 4.79 Å². The molecule has 0 N–H and O–H groups in total. The van der Waals surface area contributed by atoms with Crippen molar-refractivity contribution in [2.75, 3.05) is 13.1 Å². The zero-order valence-electron chi connectivity index (χ0n) is 13.5. The summed E-state index contributed by atoms with van der Waals surface area (Å²) in [6, 6.07) is 5.51. The molecule has 2 aliphatic rings. The largest absolute Gasteiger partial charge is 0.480 e. The van der Waals surface area contributed by atoms with E-state index in [2.05, 4.69) is 10.2 Å². The first-order valence-electron chi connectivity index (χ1n) is 8.19. The number of amides is 1. The molecule has 6 nitrogen and oxygen atoms in total. The summed E-state index contributed by atoms with van der Waals surface area (Å²) in [4.78, 5) is 14.7.